The Balaban J connectivity index is 2.20. The fourth-order valence-electron chi connectivity index (χ4n) is 3.51. The molecule has 0 unspecified atom stereocenters. The van der Waals surface area contributed by atoms with Gasteiger partial charge in [-0.15, -0.1) is 0 Å². The normalized spacial score (nSPS) is 11.7. The van der Waals surface area contributed by atoms with Crippen LogP contribution in [0.2, 0.25) is 0 Å². The highest BCUT2D eigenvalue weighted by atomic mass is 16.3. The Morgan fingerprint density at radius 2 is 1.70 bits per heavy atom. The zero-order valence-electron chi connectivity index (χ0n) is 12.7. The van der Waals surface area contributed by atoms with Gasteiger partial charge in [0, 0.05) is 11.1 Å². The predicted octanol–water partition coefficient (Wildman–Crippen LogP) is 3.66. The summed E-state index contributed by atoms with van der Waals surface area (Å²) in [5, 5.41) is 29.5. The van der Waals surface area contributed by atoms with Crippen LogP contribution in [0.25, 0.3) is 27.7 Å². The second-order valence-corrected chi connectivity index (χ2v) is 5.75. The van der Waals surface area contributed by atoms with Crippen molar-refractivity contribution in [3.63, 3.8) is 0 Å². The van der Waals surface area contributed by atoms with E-state index in [2.05, 4.69) is 6.92 Å². The van der Waals surface area contributed by atoms with Crippen LogP contribution in [0.3, 0.4) is 0 Å². The highest BCUT2D eigenvalue weighted by Crippen LogP contribution is 2.41. The molecule has 0 fully saturated rings. The molecular weight excluding hydrogens is 290 g/mol. The van der Waals surface area contributed by atoms with Crippen LogP contribution in [-0.2, 0) is 13.0 Å². The van der Waals surface area contributed by atoms with Crippen LogP contribution in [0.15, 0.2) is 42.5 Å². The van der Waals surface area contributed by atoms with Crippen molar-refractivity contribution in [1.29, 1.82) is 0 Å². The molecule has 0 spiro atoms. The van der Waals surface area contributed by atoms with Gasteiger partial charge < -0.3 is 19.7 Å². The van der Waals surface area contributed by atoms with E-state index in [1.807, 2.05) is 28.7 Å². The van der Waals surface area contributed by atoms with Gasteiger partial charge in [0.1, 0.15) is 11.5 Å². The van der Waals surface area contributed by atoms with E-state index in [0.717, 1.165) is 34.1 Å². The van der Waals surface area contributed by atoms with E-state index >= 15 is 0 Å². The number of aromatic nitrogens is 1. The lowest BCUT2D eigenvalue weighted by Crippen LogP contribution is -1.86. The zero-order valence-corrected chi connectivity index (χ0v) is 12.7. The molecule has 4 heteroatoms. The first kappa shape index (κ1) is 13.9. The molecule has 0 aliphatic heterocycles. The molecule has 0 radical (unpaired) electrons. The van der Waals surface area contributed by atoms with Gasteiger partial charge in [0.25, 0.3) is 0 Å². The number of pyridine rings is 1. The number of nitrogens with zero attached hydrogens (tertiary/aromatic N) is 1. The summed E-state index contributed by atoms with van der Waals surface area (Å²) >= 11 is 0. The van der Waals surface area contributed by atoms with Gasteiger partial charge in [-0.2, -0.15) is 0 Å². The Hall–Kier alpha value is -2.72. The first-order chi connectivity index (χ1) is 11.2. The molecule has 4 aromatic rings. The van der Waals surface area contributed by atoms with Crippen molar-refractivity contribution in [1.82, 2.24) is 4.40 Å². The van der Waals surface area contributed by atoms with Gasteiger partial charge >= 0.3 is 0 Å². The summed E-state index contributed by atoms with van der Waals surface area (Å²) in [6, 6.07) is 12.5. The quantitative estimate of drug-likeness (QED) is 0.541. The van der Waals surface area contributed by atoms with Crippen molar-refractivity contribution < 1.29 is 15.3 Å². The summed E-state index contributed by atoms with van der Waals surface area (Å²) in [6.07, 6.45) is 0.836. The molecule has 3 N–H and O–H groups in total. The lowest BCUT2D eigenvalue weighted by Gasteiger charge is -2.05. The lowest BCUT2D eigenvalue weighted by molar-refractivity contribution is 0.283. The number of aliphatic hydroxyl groups excluding tert-OH is 1. The molecule has 0 amide bonds. The Morgan fingerprint density at radius 3 is 2.35 bits per heavy atom. The van der Waals surface area contributed by atoms with E-state index < -0.39 is 0 Å². The zero-order chi connectivity index (χ0) is 16.1. The monoisotopic (exact) mass is 307 g/mol. The molecule has 23 heavy (non-hydrogen) atoms. The van der Waals surface area contributed by atoms with Gasteiger partial charge in [-0.3, -0.25) is 0 Å². The smallest absolute Gasteiger partial charge is 0.139 e. The molecular formula is C19H17NO3. The van der Waals surface area contributed by atoms with Gasteiger partial charge in [-0.25, -0.2) is 0 Å². The largest absolute Gasteiger partial charge is 0.508 e. The number of rotatable bonds is 3. The summed E-state index contributed by atoms with van der Waals surface area (Å²) in [6.45, 7) is 2.01. The minimum Gasteiger partial charge on any atom is -0.508 e. The molecule has 1 aromatic carbocycles. The van der Waals surface area contributed by atoms with Crippen LogP contribution >= 0.6 is 0 Å². The molecule has 116 valence electrons. The first-order valence-corrected chi connectivity index (χ1v) is 7.66. The van der Waals surface area contributed by atoms with Gasteiger partial charge in [-0.05, 0) is 47.9 Å². The van der Waals surface area contributed by atoms with Gasteiger partial charge in [0.2, 0.25) is 0 Å². The fourth-order valence-corrected chi connectivity index (χ4v) is 3.51. The third-order valence-electron chi connectivity index (χ3n) is 4.51. The topological polar surface area (TPSA) is 65.1 Å². The molecule has 0 atom stereocenters. The van der Waals surface area contributed by atoms with E-state index in [1.54, 1.807) is 18.2 Å². The maximum atomic E-state index is 10.2. The third kappa shape index (κ3) is 1.82. The van der Waals surface area contributed by atoms with Crippen LogP contribution in [0.1, 0.15) is 18.1 Å². The maximum Gasteiger partial charge on any atom is 0.139 e. The number of aryl methyl sites for hydroxylation is 1. The number of hydrogen-bond acceptors (Lipinski definition) is 3. The van der Waals surface area contributed by atoms with Crippen molar-refractivity contribution in [2.24, 2.45) is 0 Å². The Kier molecular flexibility index (Phi) is 2.96. The van der Waals surface area contributed by atoms with Gasteiger partial charge in [-0.1, -0.05) is 19.1 Å². The average molecular weight is 307 g/mol. The molecule has 4 rings (SSSR count). The Morgan fingerprint density at radius 1 is 0.957 bits per heavy atom. The Bertz CT molecular complexity index is 999. The SMILES string of the molecule is CCc1c(-c2ccc(O)cc2)c2c(CO)cc3c(O)ccc1n32. The summed E-state index contributed by atoms with van der Waals surface area (Å²) in [5.41, 5.74) is 6.68. The minimum atomic E-state index is -0.0888. The van der Waals surface area contributed by atoms with Crippen LogP contribution in [0.5, 0.6) is 11.5 Å². The second-order valence-electron chi connectivity index (χ2n) is 5.75. The summed E-state index contributed by atoms with van der Waals surface area (Å²) in [4.78, 5) is 0. The second kappa shape index (κ2) is 4.89. The maximum absolute atomic E-state index is 10.2. The van der Waals surface area contributed by atoms with Crippen LogP contribution in [0.4, 0.5) is 0 Å². The van der Waals surface area contributed by atoms with E-state index in [9.17, 15) is 15.3 Å². The lowest BCUT2D eigenvalue weighted by atomic mass is 9.98. The highest BCUT2D eigenvalue weighted by molar-refractivity contribution is 5.98. The number of hydrogen-bond donors (Lipinski definition) is 3. The van der Waals surface area contributed by atoms with E-state index in [4.69, 9.17) is 0 Å². The van der Waals surface area contributed by atoms with Crippen molar-refractivity contribution in [3.8, 4) is 22.6 Å². The molecule has 3 heterocycles. The molecule has 4 nitrogen and oxygen atoms in total. The van der Waals surface area contributed by atoms with E-state index in [1.165, 1.54) is 5.56 Å². The standard InChI is InChI=1S/C19H17NO3/c1-2-14-15-7-8-17(23)16-9-12(10-21)19(20(15)16)18(14)11-3-5-13(22)6-4-11/h3-9,21-23H,2,10H2,1H3. The summed E-state index contributed by atoms with van der Waals surface area (Å²) in [5.74, 6) is 0.431. The Labute approximate surface area is 133 Å². The van der Waals surface area contributed by atoms with E-state index in [0.29, 0.717) is 5.52 Å². The predicted molar refractivity (Wildman–Crippen MR) is 90.2 cm³/mol. The third-order valence-corrected chi connectivity index (χ3v) is 4.51. The summed E-state index contributed by atoms with van der Waals surface area (Å²) in [7, 11) is 0. The molecule has 0 bridgehead atoms. The average Bonchev–Trinajstić information content (AvgIpc) is 3.09. The minimum absolute atomic E-state index is 0.0888. The van der Waals surface area contributed by atoms with Gasteiger partial charge in [0.05, 0.1) is 23.2 Å². The van der Waals surface area contributed by atoms with Crippen molar-refractivity contribution in [2.45, 2.75) is 20.0 Å². The summed E-state index contributed by atoms with van der Waals surface area (Å²) < 4.78 is 2.02. The fraction of sp³-hybridized carbons (Fsp3) is 0.158. The van der Waals surface area contributed by atoms with Crippen LogP contribution in [0, 0.1) is 0 Å². The first-order valence-electron chi connectivity index (χ1n) is 7.66. The number of aliphatic hydroxyl groups is 1. The number of phenolic OH excluding ortho intramolecular Hbond substituents is 1. The highest BCUT2D eigenvalue weighted by Gasteiger charge is 2.22. The van der Waals surface area contributed by atoms with Crippen molar-refractivity contribution >= 4 is 16.6 Å². The van der Waals surface area contributed by atoms with Crippen LogP contribution in [-0.4, -0.2) is 19.7 Å². The van der Waals surface area contributed by atoms with Crippen molar-refractivity contribution in [2.75, 3.05) is 0 Å². The van der Waals surface area contributed by atoms with Crippen molar-refractivity contribution in [3.05, 3.63) is 53.6 Å². The number of aromatic hydroxyl groups is 2. The number of benzene rings is 1. The molecule has 0 aliphatic carbocycles. The number of phenols is 1. The molecule has 0 aliphatic rings. The van der Waals surface area contributed by atoms with Crippen LogP contribution < -0.4 is 0 Å². The molecule has 0 saturated carbocycles. The van der Waals surface area contributed by atoms with Gasteiger partial charge in [0.15, 0.2) is 0 Å². The van der Waals surface area contributed by atoms with E-state index in [-0.39, 0.29) is 18.1 Å². The molecule has 0 saturated heterocycles. The molecule has 3 aromatic heterocycles.